The fourth-order valence-corrected chi connectivity index (χ4v) is 4.98. The maximum atomic E-state index is 14.0. The van der Waals surface area contributed by atoms with Crippen molar-refractivity contribution in [2.45, 2.75) is 25.9 Å². The normalized spacial score (nSPS) is 21.7. The summed E-state index contributed by atoms with van der Waals surface area (Å²) in [6, 6.07) is 5.44. The first kappa shape index (κ1) is 19.3. The lowest BCUT2D eigenvalue weighted by atomic mass is 10.0. The largest absolute Gasteiger partial charge is 0.345 e. The average molecular weight is 367 g/mol. The van der Waals surface area contributed by atoms with Crippen molar-refractivity contribution in [3.63, 3.8) is 0 Å². The SMILES string of the molecule is CCCN(C)C(=O)[C@@H]1CS(=O)(=O)C[C@H]1NCc1ccc(C#N)cc1F. The van der Waals surface area contributed by atoms with Crippen LogP contribution in [0.2, 0.25) is 0 Å². The van der Waals surface area contributed by atoms with Crippen molar-refractivity contribution >= 4 is 15.7 Å². The molecule has 2 rings (SSSR count). The van der Waals surface area contributed by atoms with E-state index in [2.05, 4.69) is 5.32 Å². The molecule has 1 aliphatic rings. The maximum absolute atomic E-state index is 14.0. The van der Waals surface area contributed by atoms with Gasteiger partial charge in [0.2, 0.25) is 5.91 Å². The minimum absolute atomic E-state index is 0.0962. The number of nitrogens with one attached hydrogen (secondary N) is 1. The summed E-state index contributed by atoms with van der Waals surface area (Å²) in [7, 11) is -1.65. The van der Waals surface area contributed by atoms with Crippen molar-refractivity contribution in [2.24, 2.45) is 5.92 Å². The molecular formula is C17H22FN3O3S. The van der Waals surface area contributed by atoms with Gasteiger partial charge in [-0.1, -0.05) is 13.0 Å². The predicted molar refractivity (Wildman–Crippen MR) is 91.8 cm³/mol. The van der Waals surface area contributed by atoms with Gasteiger partial charge in [0.05, 0.1) is 29.1 Å². The molecule has 1 fully saturated rings. The lowest BCUT2D eigenvalue weighted by molar-refractivity contribution is -0.134. The minimum atomic E-state index is -3.31. The van der Waals surface area contributed by atoms with Gasteiger partial charge in [-0.25, -0.2) is 12.8 Å². The van der Waals surface area contributed by atoms with Gasteiger partial charge in [0, 0.05) is 31.7 Å². The standard InChI is InChI=1S/C17H22FN3O3S/c1-3-6-21(2)17(22)14-10-25(23,24)11-16(14)20-9-13-5-4-12(8-19)7-15(13)18/h4-5,7,14,16,20H,3,6,9-11H2,1-2H3/t14-,16-/m1/s1. The number of nitrogens with zero attached hydrogens (tertiary/aromatic N) is 2. The van der Waals surface area contributed by atoms with Crippen molar-refractivity contribution in [3.05, 3.63) is 35.1 Å². The van der Waals surface area contributed by atoms with E-state index >= 15 is 0 Å². The van der Waals surface area contributed by atoms with Gasteiger partial charge in [0.15, 0.2) is 9.84 Å². The Balaban J connectivity index is 2.10. The third kappa shape index (κ3) is 4.77. The molecule has 1 N–H and O–H groups in total. The summed E-state index contributed by atoms with van der Waals surface area (Å²) in [4.78, 5) is 14.1. The van der Waals surface area contributed by atoms with Crippen LogP contribution in [0, 0.1) is 23.1 Å². The van der Waals surface area contributed by atoms with E-state index in [1.165, 1.54) is 12.1 Å². The quantitative estimate of drug-likeness (QED) is 0.812. The third-order valence-electron chi connectivity index (χ3n) is 4.34. The van der Waals surface area contributed by atoms with E-state index in [0.717, 1.165) is 12.5 Å². The summed E-state index contributed by atoms with van der Waals surface area (Å²) in [5, 5.41) is 11.8. The molecule has 25 heavy (non-hydrogen) atoms. The maximum Gasteiger partial charge on any atom is 0.228 e. The van der Waals surface area contributed by atoms with Crippen LogP contribution < -0.4 is 5.32 Å². The number of carbonyl (C=O) groups excluding carboxylic acids is 1. The highest BCUT2D eigenvalue weighted by molar-refractivity contribution is 7.91. The molecule has 1 aliphatic heterocycles. The molecule has 1 saturated heterocycles. The molecule has 0 saturated carbocycles. The Bertz CT molecular complexity index is 789. The van der Waals surface area contributed by atoms with Crippen molar-refractivity contribution in [1.82, 2.24) is 10.2 Å². The molecular weight excluding hydrogens is 345 g/mol. The van der Waals surface area contributed by atoms with Gasteiger partial charge in [-0.05, 0) is 18.6 Å². The van der Waals surface area contributed by atoms with Crippen molar-refractivity contribution in [1.29, 1.82) is 5.26 Å². The second kappa shape index (κ2) is 7.93. The number of nitriles is 1. The van der Waals surface area contributed by atoms with Crippen molar-refractivity contribution < 1.29 is 17.6 Å². The lowest BCUT2D eigenvalue weighted by Gasteiger charge is -2.24. The summed E-state index contributed by atoms with van der Waals surface area (Å²) in [6.07, 6.45) is 0.788. The smallest absolute Gasteiger partial charge is 0.228 e. The average Bonchev–Trinajstić information content (AvgIpc) is 2.87. The van der Waals surface area contributed by atoms with Crippen LogP contribution in [0.15, 0.2) is 18.2 Å². The zero-order chi connectivity index (χ0) is 18.6. The third-order valence-corrected chi connectivity index (χ3v) is 6.08. The van der Waals surface area contributed by atoms with E-state index < -0.39 is 27.6 Å². The Labute approximate surface area is 147 Å². The van der Waals surface area contributed by atoms with Crippen LogP contribution in [-0.2, 0) is 21.2 Å². The molecule has 1 aromatic rings. The second-order valence-electron chi connectivity index (χ2n) is 6.35. The zero-order valence-corrected chi connectivity index (χ0v) is 15.1. The highest BCUT2D eigenvalue weighted by atomic mass is 32.2. The first-order valence-corrected chi connectivity index (χ1v) is 9.97. The molecule has 8 heteroatoms. The molecule has 1 amide bonds. The van der Waals surface area contributed by atoms with Gasteiger partial charge in [-0.2, -0.15) is 5.26 Å². The van der Waals surface area contributed by atoms with Crippen molar-refractivity contribution in [2.75, 3.05) is 25.1 Å². The van der Waals surface area contributed by atoms with Gasteiger partial charge in [-0.3, -0.25) is 4.79 Å². The number of rotatable bonds is 6. The summed E-state index contributed by atoms with van der Waals surface area (Å²) in [6.45, 7) is 2.60. The van der Waals surface area contributed by atoms with Gasteiger partial charge in [0.1, 0.15) is 5.82 Å². The first-order valence-electron chi connectivity index (χ1n) is 8.14. The van der Waals surface area contributed by atoms with Crippen molar-refractivity contribution in [3.8, 4) is 6.07 Å². The molecule has 2 atom stereocenters. The van der Waals surface area contributed by atoms with E-state index in [0.29, 0.717) is 12.1 Å². The molecule has 0 unspecified atom stereocenters. The summed E-state index contributed by atoms with van der Waals surface area (Å²) < 4.78 is 37.9. The number of hydrogen-bond donors (Lipinski definition) is 1. The molecule has 0 radical (unpaired) electrons. The van der Waals surface area contributed by atoms with Crippen LogP contribution in [0.3, 0.4) is 0 Å². The predicted octanol–water partition coefficient (Wildman–Crippen LogP) is 1.07. The molecule has 1 heterocycles. The summed E-state index contributed by atoms with van der Waals surface area (Å²) in [5.41, 5.74) is 0.551. The molecule has 0 bridgehead atoms. The second-order valence-corrected chi connectivity index (χ2v) is 8.50. The Morgan fingerprint density at radius 1 is 1.44 bits per heavy atom. The number of benzene rings is 1. The topological polar surface area (TPSA) is 90.3 Å². The van der Waals surface area contributed by atoms with Crippen LogP contribution in [0.25, 0.3) is 0 Å². The van der Waals surface area contributed by atoms with Crippen LogP contribution in [-0.4, -0.2) is 50.4 Å². The van der Waals surface area contributed by atoms with E-state index in [4.69, 9.17) is 5.26 Å². The number of halogens is 1. The number of carbonyl (C=O) groups is 1. The highest BCUT2D eigenvalue weighted by Gasteiger charge is 2.42. The van der Waals surface area contributed by atoms with Gasteiger partial charge in [0.25, 0.3) is 0 Å². The summed E-state index contributed by atoms with van der Waals surface area (Å²) >= 11 is 0. The number of sulfone groups is 1. The molecule has 0 aromatic heterocycles. The Morgan fingerprint density at radius 3 is 2.76 bits per heavy atom. The van der Waals surface area contributed by atoms with Gasteiger partial charge in [-0.15, -0.1) is 0 Å². The Hall–Kier alpha value is -1.98. The van der Waals surface area contributed by atoms with E-state index in [1.54, 1.807) is 11.9 Å². The molecule has 0 spiro atoms. The minimum Gasteiger partial charge on any atom is -0.345 e. The fraction of sp³-hybridized carbons (Fsp3) is 0.529. The monoisotopic (exact) mass is 367 g/mol. The fourth-order valence-electron chi connectivity index (χ4n) is 3.02. The molecule has 136 valence electrons. The van der Waals surface area contributed by atoms with Crippen LogP contribution in [0.4, 0.5) is 4.39 Å². The van der Waals surface area contributed by atoms with E-state index in [1.807, 2.05) is 13.0 Å². The molecule has 6 nitrogen and oxygen atoms in total. The van der Waals surface area contributed by atoms with E-state index in [-0.39, 0.29) is 29.5 Å². The van der Waals surface area contributed by atoms with E-state index in [9.17, 15) is 17.6 Å². The van der Waals surface area contributed by atoms with Crippen LogP contribution in [0.5, 0.6) is 0 Å². The number of amides is 1. The lowest BCUT2D eigenvalue weighted by Crippen LogP contribution is -2.44. The Kier molecular flexibility index (Phi) is 6.14. The number of hydrogen-bond acceptors (Lipinski definition) is 5. The zero-order valence-electron chi connectivity index (χ0n) is 14.3. The van der Waals surface area contributed by atoms with Crippen LogP contribution >= 0.6 is 0 Å². The highest BCUT2D eigenvalue weighted by Crippen LogP contribution is 2.22. The first-order chi connectivity index (χ1) is 11.8. The Morgan fingerprint density at radius 2 is 2.16 bits per heavy atom. The van der Waals surface area contributed by atoms with Gasteiger partial charge >= 0.3 is 0 Å². The molecule has 1 aromatic carbocycles. The van der Waals surface area contributed by atoms with Crippen LogP contribution in [0.1, 0.15) is 24.5 Å². The summed E-state index contributed by atoms with van der Waals surface area (Å²) in [5.74, 6) is -1.73. The molecule has 0 aliphatic carbocycles. The van der Waals surface area contributed by atoms with Gasteiger partial charge < -0.3 is 10.2 Å².